The lowest BCUT2D eigenvalue weighted by molar-refractivity contribution is 0.121. The highest BCUT2D eigenvalue weighted by Crippen LogP contribution is 2.16. The first-order valence-corrected chi connectivity index (χ1v) is 5.87. The molecule has 120 valence electrons. The molecule has 12 heteroatoms. The quantitative estimate of drug-likeness (QED) is 0.612. The normalized spacial score (nSPS) is 15.0. The van der Waals surface area contributed by atoms with Gasteiger partial charge >= 0.3 is 20.7 Å². The highest BCUT2D eigenvalue weighted by molar-refractivity contribution is 6.50. The van der Waals surface area contributed by atoms with Gasteiger partial charge in [0.2, 0.25) is 5.95 Å². The molecule has 0 aliphatic carbocycles. The maximum absolute atomic E-state index is 9.75. The Labute approximate surface area is 119 Å². The smallest absolute Gasteiger partial charge is 0.467 e. The number of halogens is 4. The molecular formula is C9H15BF4N4O3. The van der Waals surface area contributed by atoms with Gasteiger partial charge in [0.25, 0.3) is 0 Å². The van der Waals surface area contributed by atoms with Crippen LogP contribution in [0.5, 0.6) is 12.0 Å². The van der Waals surface area contributed by atoms with Gasteiger partial charge < -0.3 is 36.4 Å². The minimum Gasteiger partial charge on any atom is -0.467 e. The highest BCUT2D eigenvalue weighted by Gasteiger charge is 2.20. The van der Waals surface area contributed by atoms with Crippen LogP contribution in [0.15, 0.2) is 0 Å². The molecule has 2 rings (SSSR count). The Morgan fingerprint density at radius 2 is 1.43 bits per heavy atom. The van der Waals surface area contributed by atoms with Crippen molar-refractivity contribution < 1.29 is 32.9 Å². The lowest BCUT2D eigenvalue weighted by Crippen LogP contribution is -2.37. The number of rotatable bonds is 3. The molecular weight excluding hydrogens is 299 g/mol. The monoisotopic (exact) mass is 314 g/mol. The second kappa shape index (κ2) is 7.81. The van der Waals surface area contributed by atoms with Gasteiger partial charge in [0, 0.05) is 13.1 Å². The number of hydrogen-bond donors (Lipinski definition) is 0. The van der Waals surface area contributed by atoms with E-state index in [1.807, 2.05) is 4.90 Å². The fourth-order valence-corrected chi connectivity index (χ4v) is 1.42. The van der Waals surface area contributed by atoms with E-state index in [0.29, 0.717) is 19.2 Å². The van der Waals surface area contributed by atoms with Crippen molar-refractivity contribution in [3.63, 3.8) is 0 Å². The van der Waals surface area contributed by atoms with E-state index in [-0.39, 0.29) is 13.4 Å². The summed E-state index contributed by atoms with van der Waals surface area (Å²) < 4.78 is 54.2. The molecule has 0 aromatic carbocycles. The molecule has 21 heavy (non-hydrogen) atoms. The summed E-state index contributed by atoms with van der Waals surface area (Å²) in [7, 11) is -2.98. The molecule has 7 nitrogen and oxygen atoms in total. The summed E-state index contributed by atoms with van der Waals surface area (Å²) in [6.45, 7) is 2.87. The number of hydrogen-bond acceptors (Lipinski definition) is 7. The van der Waals surface area contributed by atoms with Crippen LogP contribution in [0.3, 0.4) is 0 Å². The molecule has 0 spiro atoms. The van der Waals surface area contributed by atoms with Gasteiger partial charge in [-0.3, -0.25) is 0 Å². The van der Waals surface area contributed by atoms with Crippen LogP contribution >= 0.6 is 0 Å². The predicted octanol–water partition coefficient (Wildman–Crippen LogP) is 1.14. The minimum absolute atomic E-state index is 0. The zero-order valence-corrected chi connectivity index (χ0v) is 11.4. The van der Waals surface area contributed by atoms with E-state index in [9.17, 15) is 17.3 Å². The zero-order chi connectivity index (χ0) is 15.9. The van der Waals surface area contributed by atoms with Crippen LogP contribution in [0, 0.1) is 0 Å². The predicted molar refractivity (Wildman–Crippen MR) is 67.3 cm³/mol. The average molecular weight is 314 g/mol. The van der Waals surface area contributed by atoms with Crippen LogP contribution in [0.25, 0.3) is 0 Å². The first kappa shape index (κ1) is 17.2. The van der Waals surface area contributed by atoms with Crippen LogP contribution in [0.4, 0.5) is 23.2 Å². The zero-order valence-electron chi connectivity index (χ0n) is 12.4. The van der Waals surface area contributed by atoms with Gasteiger partial charge in [-0.15, -0.1) is 4.98 Å². The molecule has 1 aliphatic rings. The topological polar surface area (TPSA) is 69.6 Å². The van der Waals surface area contributed by atoms with Gasteiger partial charge in [-0.2, -0.15) is 9.97 Å². The lowest BCUT2D eigenvalue weighted by Gasteiger charge is -2.26. The molecule has 1 aromatic rings. The summed E-state index contributed by atoms with van der Waals surface area (Å²) in [5, 5.41) is 0. The maximum atomic E-state index is 9.75. The molecule has 0 bridgehead atoms. The Balaban J connectivity index is 0.000000644. The Morgan fingerprint density at radius 3 is 1.81 bits per heavy atom. The molecule has 1 aromatic heterocycles. The molecule has 0 N–H and O–H groups in total. The Bertz CT molecular complexity index is 423. The second-order valence-corrected chi connectivity index (χ2v) is 3.70. The Kier molecular flexibility index (Phi) is 6.40. The van der Waals surface area contributed by atoms with Crippen LogP contribution in [-0.4, -0.2) is 62.7 Å². The second-order valence-electron chi connectivity index (χ2n) is 3.70. The number of nitrogens with zero attached hydrogens (tertiary/aromatic N) is 4. The third-order valence-electron chi connectivity index (χ3n) is 2.24. The lowest BCUT2D eigenvalue weighted by atomic mass is 10.3. The first-order valence-electron chi connectivity index (χ1n) is 5.87. The molecule has 1 aliphatic heterocycles. The molecule has 0 atom stereocenters. The van der Waals surface area contributed by atoms with Gasteiger partial charge in [-0.1, -0.05) is 0 Å². The number of morpholine rings is 1. The number of ether oxygens (including phenoxy) is 3. The van der Waals surface area contributed by atoms with Gasteiger partial charge in [0.15, 0.2) is 0 Å². The van der Waals surface area contributed by atoms with Crippen LogP contribution in [0.2, 0.25) is 0 Å². The molecule has 1 saturated heterocycles. The van der Waals surface area contributed by atoms with Gasteiger partial charge in [0.05, 0.1) is 27.4 Å². The van der Waals surface area contributed by atoms with E-state index in [1.165, 1.54) is 14.2 Å². The van der Waals surface area contributed by atoms with Gasteiger partial charge in [-0.05, 0) is 0 Å². The summed E-state index contributed by atoms with van der Waals surface area (Å²) in [6, 6.07) is 0.515. The fraction of sp³-hybridized carbons (Fsp3) is 0.667. The van der Waals surface area contributed by atoms with E-state index in [4.69, 9.17) is 14.2 Å². The van der Waals surface area contributed by atoms with Gasteiger partial charge in [-0.25, -0.2) is 0 Å². The summed E-state index contributed by atoms with van der Waals surface area (Å²) in [6.07, 6.45) is 0. The van der Waals surface area contributed by atoms with E-state index < -0.39 is 7.25 Å². The molecule has 0 radical (unpaired) electrons. The van der Waals surface area contributed by atoms with Crippen molar-refractivity contribution in [1.29, 1.82) is 0 Å². The Hall–Kier alpha value is -1.85. The Morgan fingerprint density at radius 1 is 1.00 bits per heavy atom. The van der Waals surface area contributed by atoms with Crippen molar-refractivity contribution in [3.8, 4) is 12.0 Å². The summed E-state index contributed by atoms with van der Waals surface area (Å²) in [4.78, 5) is 14.3. The fourth-order valence-electron chi connectivity index (χ4n) is 1.42. The SMILES string of the molecule is COc1nc(OC)nc(N2CCOCC2)n1.F[B-](F)(F)F.[H+]. The summed E-state index contributed by atoms with van der Waals surface area (Å²) in [5.41, 5.74) is 0. The van der Waals surface area contributed by atoms with Crippen molar-refractivity contribution in [3.05, 3.63) is 0 Å². The average Bonchev–Trinajstić information content (AvgIpc) is 2.46. The molecule has 2 heterocycles. The van der Waals surface area contributed by atoms with Crippen molar-refractivity contribution in [2.75, 3.05) is 45.4 Å². The molecule has 1 fully saturated rings. The number of aromatic nitrogens is 3. The minimum atomic E-state index is -6.00. The molecule has 0 saturated carbocycles. The van der Waals surface area contributed by atoms with Crippen LogP contribution in [-0.2, 0) is 4.74 Å². The third-order valence-corrected chi connectivity index (χ3v) is 2.24. The first-order chi connectivity index (χ1) is 9.83. The van der Waals surface area contributed by atoms with Crippen LogP contribution in [0.1, 0.15) is 1.43 Å². The summed E-state index contributed by atoms with van der Waals surface area (Å²) >= 11 is 0. The standard InChI is InChI=1S/C9H14N4O3.BF4/c1-14-8-10-7(11-9(12-8)15-2)13-3-5-16-6-4-13;2-1(3,4)5/h3-6H2,1-2H3;/q;-1/p+1. The largest absolute Gasteiger partial charge is 1.00 e. The summed E-state index contributed by atoms with van der Waals surface area (Å²) in [5.74, 6) is 0.562. The maximum Gasteiger partial charge on any atom is 1.00 e. The van der Waals surface area contributed by atoms with Crippen molar-refractivity contribution >= 4 is 13.2 Å². The van der Waals surface area contributed by atoms with Crippen molar-refractivity contribution in [2.45, 2.75) is 0 Å². The van der Waals surface area contributed by atoms with Crippen molar-refractivity contribution in [2.24, 2.45) is 0 Å². The number of methoxy groups -OCH3 is 2. The van der Waals surface area contributed by atoms with E-state index in [1.54, 1.807) is 0 Å². The molecule has 0 amide bonds. The van der Waals surface area contributed by atoms with E-state index in [0.717, 1.165) is 13.1 Å². The van der Waals surface area contributed by atoms with Crippen molar-refractivity contribution in [1.82, 2.24) is 15.0 Å². The van der Waals surface area contributed by atoms with E-state index >= 15 is 0 Å². The number of anilines is 1. The van der Waals surface area contributed by atoms with Gasteiger partial charge in [0.1, 0.15) is 0 Å². The highest BCUT2D eigenvalue weighted by atomic mass is 19.5. The van der Waals surface area contributed by atoms with E-state index in [2.05, 4.69) is 15.0 Å². The third kappa shape index (κ3) is 6.93. The van der Waals surface area contributed by atoms with Crippen LogP contribution < -0.4 is 14.4 Å². The molecule has 0 unspecified atom stereocenters.